The molecule has 0 aliphatic rings. The maximum absolute atomic E-state index is 12.1. The number of carbonyl (C=O) groups excluding carboxylic acids is 1. The fourth-order valence-electron chi connectivity index (χ4n) is 2.02. The van der Waals surface area contributed by atoms with Gasteiger partial charge < -0.3 is 15.2 Å². The smallest absolute Gasteiger partial charge is 0.326 e. The van der Waals surface area contributed by atoms with E-state index in [9.17, 15) is 14.7 Å². The Morgan fingerprint density at radius 2 is 1.73 bits per heavy atom. The molecule has 2 rings (SSSR count). The first kappa shape index (κ1) is 15.6. The fourth-order valence-corrected chi connectivity index (χ4v) is 2.02. The van der Waals surface area contributed by atoms with E-state index < -0.39 is 12.0 Å². The summed E-state index contributed by atoms with van der Waals surface area (Å²) in [5.74, 6) is -0.605. The van der Waals surface area contributed by atoms with Gasteiger partial charge in [0, 0.05) is 17.7 Å². The highest BCUT2D eigenvalue weighted by molar-refractivity contribution is 5.99. The van der Waals surface area contributed by atoms with Crippen LogP contribution in [0.25, 0.3) is 0 Å². The molecule has 2 aromatic rings. The predicted molar refractivity (Wildman–Crippen MR) is 83.4 cm³/mol. The normalized spacial score (nSPS) is 11.5. The van der Waals surface area contributed by atoms with Gasteiger partial charge in [-0.05, 0) is 24.3 Å². The van der Waals surface area contributed by atoms with E-state index in [1.165, 1.54) is 0 Å². The molecule has 22 heavy (non-hydrogen) atoms. The van der Waals surface area contributed by atoms with Crippen molar-refractivity contribution in [3.63, 3.8) is 0 Å². The van der Waals surface area contributed by atoms with Crippen LogP contribution in [0.5, 0.6) is 5.75 Å². The minimum absolute atomic E-state index is 0.120. The van der Waals surface area contributed by atoms with Crippen molar-refractivity contribution < 1.29 is 19.4 Å². The number of hydrogen-bond donors (Lipinski definition) is 2. The topological polar surface area (TPSA) is 75.6 Å². The molecular formula is C17H17NO4. The van der Waals surface area contributed by atoms with E-state index in [1.807, 2.05) is 0 Å². The summed E-state index contributed by atoms with van der Waals surface area (Å²) in [5.41, 5.74) is 1.12. The van der Waals surface area contributed by atoms with E-state index in [4.69, 9.17) is 4.74 Å². The summed E-state index contributed by atoms with van der Waals surface area (Å²) in [5, 5.41) is 12.1. The van der Waals surface area contributed by atoms with Gasteiger partial charge in [0.05, 0.1) is 7.11 Å². The number of Topliss-reactive ketones (excluding diaryl/α,β-unsaturated/α-hetero) is 1. The Hall–Kier alpha value is -2.82. The number of carboxylic acid groups (broad SMARTS) is 1. The summed E-state index contributed by atoms with van der Waals surface area (Å²) in [6, 6.07) is 14.5. The summed E-state index contributed by atoms with van der Waals surface area (Å²) in [6.45, 7) is 0. The van der Waals surface area contributed by atoms with Crippen LogP contribution in [0.2, 0.25) is 0 Å². The Morgan fingerprint density at radius 1 is 1.09 bits per heavy atom. The number of aliphatic carboxylic acids is 1. The van der Waals surface area contributed by atoms with Gasteiger partial charge in [-0.1, -0.05) is 30.3 Å². The molecule has 0 fully saturated rings. The molecule has 0 radical (unpaired) electrons. The minimum Gasteiger partial charge on any atom is -0.497 e. The fraction of sp³-hybridized carbons (Fsp3) is 0.176. The SMILES string of the molecule is COc1ccc(NC(CC(=O)c2ccccc2)C(=O)O)cc1. The molecule has 0 aromatic heterocycles. The molecular weight excluding hydrogens is 282 g/mol. The number of nitrogens with one attached hydrogen (secondary N) is 1. The second kappa shape index (κ2) is 7.26. The van der Waals surface area contributed by atoms with E-state index in [0.29, 0.717) is 17.0 Å². The Bertz CT molecular complexity index is 637. The van der Waals surface area contributed by atoms with Gasteiger partial charge in [0.1, 0.15) is 11.8 Å². The third-order valence-corrected chi connectivity index (χ3v) is 3.21. The van der Waals surface area contributed by atoms with Crippen LogP contribution in [-0.4, -0.2) is 30.0 Å². The molecule has 0 amide bonds. The lowest BCUT2D eigenvalue weighted by atomic mass is 10.0. The first-order chi connectivity index (χ1) is 10.6. The van der Waals surface area contributed by atoms with Gasteiger partial charge in [-0.3, -0.25) is 4.79 Å². The largest absolute Gasteiger partial charge is 0.497 e. The lowest BCUT2D eigenvalue weighted by Crippen LogP contribution is -2.31. The van der Waals surface area contributed by atoms with Gasteiger partial charge in [-0.15, -0.1) is 0 Å². The maximum atomic E-state index is 12.1. The summed E-state index contributed by atoms with van der Waals surface area (Å²) in [6.07, 6.45) is -0.120. The van der Waals surface area contributed by atoms with Gasteiger partial charge in [-0.25, -0.2) is 4.79 Å². The van der Waals surface area contributed by atoms with Gasteiger partial charge in [0.2, 0.25) is 0 Å². The number of anilines is 1. The highest BCUT2D eigenvalue weighted by Crippen LogP contribution is 2.17. The second-order valence-corrected chi connectivity index (χ2v) is 4.76. The molecule has 5 nitrogen and oxygen atoms in total. The molecule has 0 aliphatic carbocycles. The third kappa shape index (κ3) is 4.09. The Balaban J connectivity index is 2.06. The average Bonchev–Trinajstić information content (AvgIpc) is 2.55. The third-order valence-electron chi connectivity index (χ3n) is 3.21. The monoisotopic (exact) mass is 299 g/mol. The van der Waals surface area contributed by atoms with E-state index >= 15 is 0 Å². The molecule has 0 aliphatic heterocycles. The molecule has 2 N–H and O–H groups in total. The molecule has 5 heteroatoms. The van der Waals surface area contributed by atoms with E-state index in [1.54, 1.807) is 61.7 Å². The van der Waals surface area contributed by atoms with Crippen molar-refractivity contribution in [1.82, 2.24) is 0 Å². The van der Waals surface area contributed by atoms with Crippen LogP contribution in [0.15, 0.2) is 54.6 Å². The van der Waals surface area contributed by atoms with Crippen LogP contribution >= 0.6 is 0 Å². The van der Waals surface area contributed by atoms with E-state index in [-0.39, 0.29) is 12.2 Å². The van der Waals surface area contributed by atoms with Crippen LogP contribution in [0.3, 0.4) is 0 Å². The van der Waals surface area contributed by atoms with Crippen molar-refractivity contribution in [2.75, 3.05) is 12.4 Å². The lowest BCUT2D eigenvalue weighted by Gasteiger charge is -2.15. The van der Waals surface area contributed by atoms with Crippen LogP contribution < -0.4 is 10.1 Å². The lowest BCUT2D eigenvalue weighted by molar-refractivity contribution is -0.137. The van der Waals surface area contributed by atoms with E-state index in [2.05, 4.69) is 5.32 Å². The molecule has 0 bridgehead atoms. The molecule has 2 aromatic carbocycles. The minimum atomic E-state index is -1.07. The standard InChI is InChI=1S/C17H17NO4/c1-22-14-9-7-13(8-10-14)18-15(17(20)21)11-16(19)12-5-3-2-4-6-12/h2-10,15,18H,11H2,1H3,(H,20,21). The molecule has 0 heterocycles. The Labute approximate surface area is 128 Å². The van der Waals surface area contributed by atoms with Gasteiger partial charge in [0.15, 0.2) is 5.78 Å². The molecule has 0 spiro atoms. The maximum Gasteiger partial charge on any atom is 0.326 e. The molecule has 114 valence electrons. The molecule has 1 unspecified atom stereocenters. The number of carboxylic acids is 1. The van der Waals surface area contributed by atoms with Crippen molar-refractivity contribution in [2.24, 2.45) is 0 Å². The van der Waals surface area contributed by atoms with Crippen molar-refractivity contribution >= 4 is 17.4 Å². The van der Waals surface area contributed by atoms with Crippen molar-refractivity contribution in [2.45, 2.75) is 12.5 Å². The average molecular weight is 299 g/mol. The number of hydrogen-bond acceptors (Lipinski definition) is 4. The summed E-state index contributed by atoms with van der Waals surface area (Å²) >= 11 is 0. The van der Waals surface area contributed by atoms with Gasteiger partial charge in [-0.2, -0.15) is 0 Å². The van der Waals surface area contributed by atoms with Gasteiger partial charge in [0.25, 0.3) is 0 Å². The van der Waals surface area contributed by atoms with Crippen LogP contribution in [0.1, 0.15) is 16.8 Å². The van der Waals surface area contributed by atoms with Crippen LogP contribution in [0, 0.1) is 0 Å². The zero-order chi connectivity index (χ0) is 15.9. The van der Waals surface area contributed by atoms with E-state index in [0.717, 1.165) is 0 Å². The zero-order valence-corrected chi connectivity index (χ0v) is 12.2. The Morgan fingerprint density at radius 3 is 2.27 bits per heavy atom. The highest BCUT2D eigenvalue weighted by atomic mass is 16.5. The summed E-state index contributed by atoms with van der Waals surface area (Å²) in [7, 11) is 1.56. The zero-order valence-electron chi connectivity index (χ0n) is 12.2. The molecule has 1 atom stereocenters. The summed E-state index contributed by atoms with van der Waals surface area (Å²) in [4.78, 5) is 23.5. The second-order valence-electron chi connectivity index (χ2n) is 4.76. The van der Waals surface area contributed by atoms with Crippen molar-refractivity contribution in [3.05, 3.63) is 60.2 Å². The Kier molecular flexibility index (Phi) is 5.14. The number of benzene rings is 2. The molecule has 0 saturated carbocycles. The summed E-state index contributed by atoms with van der Waals surface area (Å²) < 4.78 is 5.05. The highest BCUT2D eigenvalue weighted by Gasteiger charge is 2.21. The number of ether oxygens (including phenoxy) is 1. The van der Waals surface area contributed by atoms with Gasteiger partial charge >= 0.3 is 5.97 Å². The van der Waals surface area contributed by atoms with Crippen molar-refractivity contribution in [3.8, 4) is 5.75 Å². The number of methoxy groups -OCH3 is 1. The number of rotatable bonds is 7. The predicted octanol–water partition coefficient (Wildman–Crippen LogP) is 2.83. The first-order valence-corrected chi connectivity index (χ1v) is 6.82. The quantitative estimate of drug-likeness (QED) is 0.769. The van der Waals surface area contributed by atoms with Crippen molar-refractivity contribution in [1.29, 1.82) is 0 Å². The van der Waals surface area contributed by atoms with Crippen LogP contribution in [0.4, 0.5) is 5.69 Å². The van der Waals surface area contributed by atoms with Crippen LogP contribution in [-0.2, 0) is 4.79 Å². The first-order valence-electron chi connectivity index (χ1n) is 6.82. The molecule has 0 saturated heterocycles. The number of ketones is 1. The number of carbonyl (C=O) groups is 2.